The minimum atomic E-state index is -0.330. The van der Waals surface area contributed by atoms with Gasteiger partial charge < -0.3 is 9.47 Å². The van der Waals surface area contributed by atoms with Crippen molar-refractivity contribution in [2.45, 2.75) is 42.3 Å². The van der Waals surface area contributed by atoms with Crippen LogP contribution in [0, 0.1) is 11.2 Å². The van der Waals surface area contributed by atoms with E-state index in [1.165, 1.54) is 15.0 Å². The smallest absolute Gasteiger partial charge is 0.249 e. The van der Waals surface area contributed by atoms with Crippen LogP contribution in [-0.4, -0.2) is 12.0 Å². The predicted molar refractivity (Wildman–Crippen MR) is 136 cm³/mol. The molecule has 3 aromatic carbocycles. The summed E-state index contributed by atoms with van der Waals surface area (Å²) < 4.78 is 12.5. The second-order valence-electron chi connectivity index (χ2n) is 7.56. The van der Waals surface area contributed by atoms with Gasteiger partial charge in [-0.25, -0.2) is 0 Å². The number of rotatable bonds is 11. The molecule has 0 N–H and O–H groups in total. The monoisotopic (exact) mass is 461 g/mol. The quantitative estimate of drug-likeness (QED) is 0.162. The Hall–Kier alpha value is -2.30. The third-order valence-corrected chi connectivity index (χ3v) is 7.50. The summed E-state index contributed by atoms with van der Waals surface area (Å²) in [5.41, 5.74) is 0. The van der Waals surface area contributed by atoms with Crippen LogP contribution in [0.4, 0.5) is 0 Å². The zero-order valence-electron chi connectivity index (χ0n) is 18.4. The summed E-state index contributed by atoms with van der Waals surface area (Å²) in [6.45, 7) is 2.17. The Morgan fingerprint density at radius 3 is 2.06 bits per heavy atom. The molecule has 165 valence electrons. The van der Waals surface area contributed by atoms with Crippen molar-refractivity contribution in [1.29, 1.82) is 0 Å². The molecule has 1 atom stereocenters. The molecule has 0 fully saturated rings. The lowest BCUT2D eigenvalue weighted by Crippen LogP contribution is -2.31. The Morgan fingerprint density at radius 2 is 1.44 bits per heavy atom. The highest BCUT2D eigenvalue weighted by Gasteiger charge is 2.36. The van der Waals surface area contributed by atoms with E-state index in [1.807, 2.05) is 47.8 Å². The molecule has 4 rings (SSSR count). The molecule has 32 heavy (non-hydrogen) atoms. The van der Waals surface area contributed by atoms with Gasteiger partial charge >= 0.3 is 0 Å². The molecule has 1 aliphatic heterocycles. The molecule has 0 saturated carbocycles. The van der Waals surface area contributed by atoms with E-state index in [4.69, 9.17) is 9.47 Å². The summed E-state index contributed by atoms with van der Waals surface area (Å²) in [5.74, 6) is 2.82. The summed E-state index contributed by atoms with van der Waals surface area (Å²) in [6.07, 6.45) is 7.27. The zero-order chi connectivity index (χ0) is 22.0. The highest BCUT2D eigenvalue weighted by atomic mass is 32.2. The van der Waals surface area contributed by atoms with Gasteiger partial charge in [-0.05, 0) is 61.4 Å². The minimum absolute atomic E-state index is 0.0780. The summed E-state index contributed by atoms with van der Waals surface area (Å²) in [7, 11) is 0. The van der Waals surface area contributed by atoms with Crippen LogP contribution in [-0.2, 0) is 0 Å². The number of hydrogen-bond donors (Lipinski definition) is 0. The second-order valence-corrected chi connectivity index (χ2v) is 9.93. The van der Waals surface area contributed by atoms with Gasteiger partial charge in [-0.1, -0.05) is 67.6 Å². The molecule has 0 aromatic heterocycles. The van der Waals surface area contributed by atoms with Crippen LogP contribution in [0.3, 0.4) is 0 Å². The number of fused-ring (bicyclic) bond motifs is 1. The molecule has 0 spiro atoms. The van der Waals surface area contributed by atoms with E-state index in [-0.39, 0.29) is 12.2 Å². The molecule has 1 aliphatic rings. The standard InChI is InChI=1S/C28H29O2S2/c1-2-3-17-24(28-29-25-18-10-11-19-26(25)30-28)27(32-23-15-8-5-9-16-23)20-12-21-31-22-13-6-4-7-14-22/h3-11,13-19,24,28H,2,12,20-21H2,1H3. The van der Waals surface area contributed by atoms with Crippen molar-refractivity contribution in [1.82, 2.24) is 0 Å². The van der Waals surface area contributed by atoms with Crippen molar-refractivity contribution < 1.29 is 9.47 Å². The number of hydrogen-bond acceptors (Lipinski definition) is 4. The zero-order valence-corrected chi connectivity index (χ0v) is 20.0. The molecular formula is C28H29O2S2. The number of para-hydroxylation sites is 2. The molecule has 4 heteroatoms. The van der Waals surface area contributed by atoms with E-state index < -0.39 is 0 Å². The lowest BCUT2D eigenvalue weighted by molar-refractivity contribution is 0.0202. The SMILES string of the molecule is CCC=CC([C](CCCSc1ccccc1)Sc1ccccc1)C1Oc2ccccc2O1. The Morgan fingerprint density at radius 1 is 0.844 bits per heavy atom. The Kier molecular flexibility index (Phi) is 8.63. The maximum Gasteiger partial charge on any atom is 0.249 e. The number of ether oxygens (including phenoxy) is 2. The third kappa shape index (κ3) is 6.36. The molecule has 0 saturated heterocycles. The van der Waals surface area contributed by atoms with Crippen LogP contribution in [0.15, 0.2) is 107 Å². The summed E-state index contributed by atoms with van der Waals surface area (Å²) in [4.78, 5) is 2.58. The lowest BCUT2D eigenvalue weighted by Gasteiger charge is -2.27. The largest absolute Gasteiger partial charge is 0.450 e. The van der Waals surface area contributed by atoms with Gasteiger partial charge in [-0.2, -0.15) is 0 Å². The topological polar surface area (TPSA) is 18.5 Å². The van der Waals surface area contributed by atoms with Gasteiger partial charge in [0.25, 0.3) is 0 Å². The average Bonchev–Trinajstić information content (AvgIpc) is 3.27. The van der Waals surface area contributed by atoms with Gasteiger partial charge in [0, 0.05) is 15.0 Å². The first-order chi connectivity index (χ1) is 15.8. The molecule has 3 aromatic rings. The van der Waals surface area contributed by atoms with E-state index in [0.717, 1.165) is 36.5 Å². The average molecular weight is 462 g/mol. The van der Waals surface area contributed by atoms with E-state index in [2.05, 4.69) is 79.7 Å². The minimum Gasteiger partial charge on any atom is -0.450 e. The number of allylic oxidation sites excluding steroid dienone is 1. The predicted octanol–water partition coefficient (Wildman–Crippen LogP) is 8.26. The van der Waals surface area contributed by atoms with Gasteiger partial charge in [0.05, 0.1) is 5.92 Å². The van der Waals surface area contributed by atoms with Crippen molar-refractivity contribution in [3.63, 3.8) is 0 Å². The molecule has 1 radical (unpaired) electrons. The summed E-state index contributed by atoms with van der Waals surface area (Å²) >= 11 is 3.77. The van der Waals surface area contributed by atoms with Crippen molar-refractivity contribution >= 4 is 23.5 Å². The van der Waals surface area contributed by atoms with Gasteiger partial charge in [0.1, 0.15) is 0 Å². The molecule has 1 unspecified atom stereocenters. The van der Waals surface area contributed by atoms with Gasteiger partial charge in [-0.3, -0.25) is 0 Å². The molecule has 0 aliphatic carbocycles. The van der Waals surface area contributed by atoms with Crippen LogP contribution >= 0.6 is 23.5 Å². The first kappa shape index (κ1) is 22.9. The van der Waals surface area contributed by atoms with Crippen LogP contribution in [0.25, 0.3) is 0 Å². The van der Waals surface area contributed by atoms with Crippen LogP contribution in [0.2, 0.25) is 0 Å². The molecule has 0 bridgehead atoms. The van der Waals surface area contributed by atoms with Crippen molar-refractivity contribution in [3.05, 3.63) is 102 Å². The van der Waals surface area contributed by atoms with Gasteiger partial charge in [0.2, 0.25) is 6.29 Å². The fourth-order valence-electron chi connectivity index (χ4n) is 3.58. The van der Waals surface area contributed by atoms with Crippen LogP contribution in [0.1, 0.15) is 26.2 Å². The van der Waals surface area contributed by atoms with Gasteiger partial charge in [0.15, 0.2) is 11.5 Å². The first-order valence-corrected chi connectivity index (χ1v) is 13.0. The third-order valence-electron chi connectivity index (χ3n) is 5.15. The fraction of sp³-hybridized carbons (Fsp3) is 0.250. The molecular weight excluding hydrogens is 432 g/mol. The highest BCUT2D eigenvalue weighted by molar-refractivity contribution is 8.02. The maximum atomic E-state index is 6.25. The number of benzene rings is 3. The fourth-order valence-corrected chi connectivity index (χ4v) is 5.62. The van der Waals surface area contributed by atoms with E-state index in [9.17, 15) is 0 Å². The van der Waals surface area contributed by atoms with Crippen LogP contribution < -0.4 is 9.47 Å². The molecule has 2 nitrogen and oxygen atoms in total. The van der Waals surface area contributed by atoms with E-state index in [1.54, 1.807) is 0 Å². The van der Waals surface area contributed by atoms with E-state index >= 15 is 0 Å². The van der Waals surface area contributed by atoms with Crippen molar-refractivity contribution in [3.8, 4) is 11.5 Å². The molecule has 0 amide bonds. The van der Waals surface area contributed by atoms with Crippen LogP contribution in [0.5, 0.6) is 11.5 Å². The molecule has 1 heterocycles. The normalized spacial score (nSPS) is 14.3. The van der Waals surface area contributed by atoms with Gasteiger partial charge in [-0.15, -0.1) is 23.5 Å². The maximum absolute atomic E-state index is 6.25. The Balaban J connectivity index is 1.48. The first-order valence-electron chi connectivity index (χ1n) is 11.2. The second kappa shape index (κ2) is 12.1. The summed E-state index contributed by atoms with van der Waals surface area (Å²) in [5, 5.41) is 1.38. The van der Waals surface area contributed by atoms with Crippen molar-refractivity contribution in [2.24, 2.45) is 5.92 Å². The lowest BCUT2D eigenvalue weighted by atomic mass is 9.99. The number of thioether (sulfide) groups is 2. The summed E-state index contributed by atoms with van der Waals surface area (Å²) in [6, 6.07) is 29.2. The van der Waals surface area contributed by atoms with Crippen molar-refractivity contribution in [2.75, 3.05) is 5.75 Å². The Labute approximate surface area is 200 Å². The van der Waals surface area contributed by atoms with E-state index in [0.29, 0.717) is 0 Å². The highest BCUT2D eigenvalue weighted by Crippen LogP contribution is 2.45. The Bertz CT molecular complexity index is 950.